The van der Waals surface area contributed by atoms with Crippen LogP contribution in [0.1, 0.15) is 12.7 Å². The molecular formula is C24H18FN5O2. The Morgan fingerprint density at radius 1 is 1.16 bits per heavy atom. The van der Waals surface area contributed by atoms with Gasteiger partial charge in [-0.05, 0) is 61.5 Å². The summed E-state index contributed by atoms with van der Waals surface area (Å²) in [6, 6.07) is 10.1. The molecule has 0 radical (unpaired) electrons. The molecule has 0 fully saturated rings. The van der Waals surface area contributed by atoms with Gasteiger partial charge in [0.25, 0.3) is 5.91 Å². The zero-order chi connectivity index (χ0) is 22.7. The molecule has 2 aromatic carbocycles. The third-order valence-electron chi connectivity index (χ3n) is 4.75. The lowest BCUT2D eigenvalue weighted by atomic mass is 10.1. The van der Waals surface area contributed by atoms with Gasteiger partial charge in [-0.1, -0.05) is 12.0 Å². The molecule has 158 valence electrons. The van der Waals surface area contributed by atoms with Crippen molar-refractivity contribution in [3.63, 3.8) is 0 Å². The summed E-state index contributed by atoms with van der Waals surface area (Å²) in [5.41, 5.74) is 3.90. The summed E-state index contributed by atoms with van der Waals surface area (Å²) in [5, 5.41) is 8.14. The predicted octanol–water partition coefficient (Wildman–Crippen LogP) is 4.32. The van der Waals surface area contributed by atoms with E-state index in [1.54, 1.807) is 30.4 Å². The van der Waals surface area contributed by atoms with E-state index in [2.05, 4.69) is 31.8 Å². The van der Waals surface area contributed by atoms with Crippen molar-refractivity contribution in [3.8, 4) is 12.3 Å². The maximum Gasteiger partial charge on any atom is 0.323 e. The molecule has 32 heavy (non-hydrogen) atoms. The van der Waals surface area contributed by atoms with Gasteiger partial charge in [0.1, 0.15) is 11.6 Å². The van der Waals surface area contributed by atoms with E-state index in [9.17, 15) is 14.0 Å². The van der Waals surface area contributed by atoms with E-state index in [4.69, 9.17) is 6.42 Å². The number of hydrogen-bond acceptors (Lipinski definition) is 3. The molecule has 0 unspecified atom stereocenters. The van der Waals surface area contributed by atoms with Crippen molar-refractivity contribution in [2.24, 2.45) is 0 Å². The fraction of sp³-hybridized carbons (Fsp3) is 0.0417. The van der Waals surface area contributed by atoms with E-state index in [1.165, 1.54) is 30.3 Å². The second-order valence-corrected chi connectivity index (χ2v) is 6.85. The van der Waals surface area contributed by atoms with Crippen LogP contribution in [0.5, 0.6) is 0 Å². The molecule has 3 aromatic rings. The van der Waals surface area contributed by atoms with E-state index in [0.29, 0.717) is 45.1 Å². The number of aromatic nitrogens is 2. The summed E-state index contributed by atoms with van der Waals surface area (Å²) in [6.45, 7) is 1.82. The summed E-state index contributed by atoms with van der Waals surface area (Å²) < 4.78 is 13.0. The molecule has 0 atom stereocenters. The van der Waals surface area contributed by atoms with Gasteiger partial charge in [0.2, 0.25) is 0 Å². The van der Waals surface area contributed by atoms with Crippen LogP contribution >= 0.6 is 0 Å². The monoisotopic (exact) mass is 427 g/mol. The molecule has 1 aliphatic heterocycles. The Morgan fingerprint density at radius 3 is 2.59 bits per heavy atom. The van der Waals surface area contributed by atoms with Crippen LogP contribution in [0, 0.1) is 18.2 Å². The van der Waals surface area contributed by atoms with Crippen LogP contribution in [0.2, 0.25) is 0 Å². The number of benzene rings is 2. The van der Waals surface area contributed by atoms with Crippen molar-refractivity contribution in [2.75, 3.05) is 10.6 Å². The van der Waals surface area contributed by atoms with Crippen LogP contribution in [0.25, 0.3) is 16.6 Å². The lowest BCUT2D eigenvalue weighted by Crippen LogP contribution is -2.19. The Hall–Kier alpha value is -4.64. The van der Waals surface area contributed by atoms with Crippen molar-refractivity contribution in [2.45, 2.75) is 6.92 Å². The third kappa shape index (κ3) is 4.13. The van der Waals surface area contributed by atoms with E-state index >= 15 is 0 Å². The quantitative estimate of drug-likeness (QED) is 0.467. The van der Waals surface area contributed by atoms with Gasteiger partial charge in [-0.2, -0.15) is 0 Å². The summed E-state index contributed by atoms with van der Waals surface area (Å²) >= 11 is 0. The third-order valence-corrected chi connectivity index (χ3v) is 4.75. The average Bonchev–Trinajstić information content (AvgIpc) is 3.33. The highest BCUT2D eigenvalue weighted by molar-refractivity contribution is 6.24. The lowest BCUT2D eigenvalue weighted by Gasteiger charge is -2.07. The van der Waals surface area contributed by atoms with E-state index in [0.717, 1.165) is 0 Å². The maximum atomic E-state index is 13.0. The van der Waals surface area contributed by atoms with Crippen LogP contribution in [0.4, 0.5) is 20.6 Å². The van der Waals surface area contributed by atoms with E-state index < -0.39 is 6.03 Å². The molecule has 3 amide bonds. The normalized spacial score (nSPS) is 14.8. The molecule has 4 rings (SSSR count). The number of terminal acetylenes is 1. The second-order valence-electron chi connectivity index (χ2n) is 6.85. The Balaban J connectivity index is 1.61. The fourth-order valence-corrected chi connectivity index (χ4v) is 3.31. The first-order valence-corrected chi connectivity index (χ1v) is 9.67. The first-order chi connectivity index (χ1) is 15.5. The fourth-order valence-electron chi connectivity index (χ4n) is 3.31. The Labute approximate surface area is 183 Å². The van der Waals surface area contributed by atoms with Gasteiger partial charge >= 0.3 is 6.03 Å². The zero-order valence-electron chi connectivity index (χ0n) is 17.0. The maximum absolute atomic E-state index is 13.0. The molecule has 1 aliphatic rings. The number of nitrogens with one attached hydrogen (secondary N) is 4. The molecule has 0 saturated carbocycles. The smallest absolute Gasteiger partial charge is 0.323 e. The van der Waals surface area contributed by atoms with Gasteiger partial charge in [0, 0.05) is 22.6 Å². The van der Waals surface area contributed by atoms with Crippen LogP contribution in [0.3, 0.4) is 0 Å². The van der Waals surface area contributed by atoms with Gasteiger partial charge in [-0.15, -0.1) is 6.42 Å². The lowest BCUT2D eigenvalue weighted by molar-refractivity contribution is -0.114. The Morgan fingerprint density at radius 2 is 1.88 bits per heavy atom. The topological polar surface area (TPSA) is 98.9 Å². The van der Waals surface area contributed by atoms with Gasteiger partial charge in [0.05, 0.1) is 16.6 Å². The highest BCUT2D eigenvalue weighted by Gasteiger charge is 2.28. The summed E-state index contributed by atoms with van der Waals surface area (Å²) in [5.74, 6) is 2.14. The highest BCUT2D eigenvalue weighted by Crippen LogP contribution is 2.30. The van der Waals surface area contributed by atoms with Gasteiger partial charge in [0.15, 0.2) is 0 Å². The molecule has 0 saturated heterocycles. The van der Waals surface area contributed by atoms with Crippen LogP contribution in [0.15, 0.2) is 72.0 Å². The van der Waals surface area contributed by atoms with Crippen molar-refractivity contribution in [3.05, 3.63) is 83.6 Å². The molecule has 7 nitrogen and oxygen atoms in total. The number of hydrogen-bond donors (Lipinski definition) is 4. The number of allylic oxidation sites excluding steroid dienone is 3. The van der Waals surface area contributed by atoms with Crippen LogP contribution in [-0.4, -0.2) is 21.9 Å². The number of nitrogens with zero attached hydrogens (tertiary/aromatic N) is 1. The SMILES string of the molecule is C#C/C=C\C1=C(c2nc3ccc(NC(=O)Nc4ccc(F)cc4)cc3[nH]2)C(=O)N/C1=C/C. The summed E-state index contributed by atoms with van der Waals surface area (Å²) in [6.07, 6.45) is 10.3. The van der Waals surface area contributed by atoms with E-state index in [-0.39, 0.29) is 11.7 Å². The number of aromatic amines is 1. The Kier molecular flexibility index (Phi) is 5.55. The van der Waals surface area contributed by atoms with Gasteiger partial charge < -0.3 is 20.9 Å². The van der Waals surface area contributed by atoms with E-state index in [1.807, 2.05) is 6.92 Å². The second kappa shape index (κ2) is 8.62. The molecule has 4 N–H and O–H groups in total. The number of carbonyl (C=O) groups is 2. The largest absolute Gasteiger partial charge is 0.338 e. The molecule has 0 bridgehead atoms. The number of imidazole rings is 1. The van der Waals surface area contributed by atoms with Crippen molar-refractivity contribution in [1.29, 1.82) is 0 Å². The minimum Gasteiger partial charge on any atom is -0.338 e. The zero-order valence-corrected chi connectivity index (χ0v) is 17.0. The molecule has 8 heteroatoms. The summed E-state index contributed by atoms with van der Waals surface area (Å²) in [7, 11) is 0. The van der Waals surface area contributed by atoms with Crippen LogP contribution in [-0.2, 0) is 4.79 Å². The number of carbonyl (C=O) groups excluding carboxylic acids is 2. The van der Waals surface area contributed by atoms with Gasteiger partial charge in [-0.3, -0.25) is 4.79 Å². The first kappa shape index (κ1) is 20.6. The number of anilines is 2. The van der Waals surface area contributed by atoms with Crippen molar-refractivity contribution >= 4 is 39.9 Å². The minimum atomic E-state index is -0.479. The molecular weight excluding hydrogens is 409 g/mol. The number of halogens is 1. The van der Waals surface area contributed by atoms with Gasteiger partial charge in [-0.25, -0.2) is 14.2 Å². The Bertz CT molecular complexity index is 1360. The number of H-pyrrole nitrogens is 1. The number of fused-ring (bicyclic) bond motifs is 1. The number of amides is 3. The van der Waals surface area contributed by atoms with Crippen molar-refractivity contribution < 1.29 is 14.0 Å². The summed E-state index contributed by atoms with van der Waals surface area (Å²) in [4.78, 5) is 32.4. The standard InChI is InChI=1S/C24H18FN5O2/c1-3-5-6-17-18(4-2)30-23(31)21(17)22-28-19-12-11-16(13-20(19)29-22)27-24(32)26-15-9-7-14(25)8-10-15/h1,4-13H,2H3,(H,28,29)(H,30,31)(H2,26,27,32)/b6-5-,18-4+. The number of rotatable bonds is 4. The van der Waals surface area contributed by atoms with Crippen molar-refractivity contribution in [1.82, 2.24) is 15.3 Å². The molecule has 2 heterocycles. The number of urea groups is 1. The molecule has 1 aromatic heterocycles. The highest BCUT2D eigenvalue weighted by atomic mass is 19.1. The predicted molar refractivity (Wildman–Crippen MR) is 122 cm³/mol. The van der Waals surface area contributed by atoms with Crippen LogP contribution < -0.4 is 16.0 Å². The first-order valence-electron chi connectivity index (χ1n) is 9.67. The minimum absolute atomic E-state index is 0.286. The molecule has 0 spiro atoms. The molecule has 0 aliphatic carbocycles. The average molecular weight is 427 g/mol.